The van der Waals surface area contributed by atoms with Gasteiger partial charge in [-0.25, -0.2) is 0 Å². The van der Waals surface area contributed by atoms with E-state index in [9.17, 15) is 9.59 Å². The van der Waals surface area contributed by atoms with Crippen LogP contribution < -0.4 is 15.0 Å². The van der Waals surface area contributed by atoms with Crippen molar-refractivity contribution < 1.29 is 14.3 Å². The molecule has 2 amide bonds. The number of carbonyl (C=O) groups excluding carboxylic acids is 2. The standard InChI is InChI=1S/C22H26N2O3S/c1-27-18-10-8-17(9-11-18)24-14-16(13-20(24)25)22(26)23-21(15-5-2-3-6-15)19-7-4-12-28-19/h4,7-12,15-16,21H,2-3,5-6,13-14H2,1H3,(H,23,26). The summed E-state index contributed by atoms with van der Waals surface area (Å²) in [5.74, 6) is 0.935. The Morgan fingerprint density at radius 1 is 1.21 bits per heavy atom. The van der Waals surface area contributed by atoms with Crippen LogP contribution in [-0.4, -0.2) is 25.5 Å². The van der Waals surface area contributed by atoms with Gasteiger partial charge in [-0.2, -0.15) is 0 Å². The minimum absolute atomic E-state index is 0.00106. The quantitative estimate of drug-likeness (QED) is 0.795. The van der Waals surface area contributed by atoms with Gasteiger partial charge in [0, 0.05) is 23.5 Å². The van der Waals surface area contributed by atoms with Gasteiger partial charge in [-0.1, -0.05) is 18.9 Å². The molecular formula is C22H26N2O3S. The fourth-order valence-corrected chi connectivity index (χ4v) is 5.22. The van der Waals surface area contributed by atoms with Gasteiger partial charge in [-0.15, -0.1) is 11.3 Å². The Hall–Kier alpha value is -2.34. The number of carbonyl (C=O) groups is 2. The van der Waals surface area contributed by atoms with E-state index in [1.807, 2.05) is 30.3 Å². The number of amides is 2. The lowest BCUT2D eigenvalue weighted by Gasteiger charge is -2.25. The third kappa shape index (κ3) is 3.92. The summed E-state index contributed by atoms with van der Waals surface area (Å²) in [5, 5.41) is 5.35. The molecule has 2 fully saturated rings. The maximum atomic E-state index is 13.0. The molecule has 1 aromatic carbocycles. The summed E-state index contributed by atoms with van der Waals surface area (Å²) < 4.78 is 5.18. The van der Waals surface area contributed by atoms with Crippen LogP contribution in [0.3, 0.4) is 0 Å². The molecule has 1 aliphatic carbocycles. The number of hydrogen-bond acceptors (Lipinski definition) is 4. The van der Waals surface area contributed by atoms with E-state index in [1.165, 1.54) is 17.7 Å². The molecule has 1 N–H and O–H groups in total. The van der Waals surface area contributed by atoms with Crippen molar-refractivity contribution in [2.75, 3.05) is 18.6 Å². The second-order valence-electron chi connectivity index (χ2n) is 7.65. The van der Waals surface area contributed by atoms with Crippen LogP contribution in [0.15, 0.2) is 41.8 Å². The highest BCUT2D eigenvalue weighted by atomic mass is 32.1. The largest absolute Gasteiger partial charge is 0.497 e. The van der Waals surface area contributed by atoms with Gasteiger partial charge in [0.15, 0.2) is 0 Å². The Kier molecular flexibility index (Phi) is 5.67. The van der Waals surface area contributed by atoms with Gasteiger partial charge in [0.25, 0.3) is 0 Å². The van der Waals surface area contributed by atoms with E-state index in [-0.39, 0.29) is 30.2 Å². The number of methoxy groups -OCH3 is 1. The fraction of sp³-hybridized carbons (Fsp3) is 0.455. The maximum absolute atomic E-state index is 13.0. The van der Waals surface area contributed by atoms with Crippen LogP contribution in [0.2, 0.25) is 0 Å². The molecule has 0 spiro atoms. The minimum atomic E-state index is -0.307. The lowest BCUT2D eigenvalue weighted by Crippen LogP contribution is -2.37. The van der Waals surface area contributed by atoms with Crippen LogP contribution in [0.25, 0.3) is 0 Å². The third-order valence-corrected chi connectivity index (χ3v) is 6.85. The van der Waals surface area contributed by atoms with Crippen molar-refractivity contribution in [1.82, 2.24) is 5.32 Å². The maximum Gasteiger partial charge on any atom is 0.227 e. The van der Waals surface area contributed by atoms with Crippen molar-refractivity contribution in [2.24, 2.45) is 11.8 Å². The third-order valence-electron chi connectivity index (χ3n) is 5.90. The van der Waals surface area contributed by atoms with Gasteiger partial charge < -0.3 is 15.0 Å². The lowest BCUT2D eigenvalue weighted by atomic mass is 9.95. The summed E-state index contributed by atoms with van der Waals surface area (Å²) in [6.07, 6.45) is 5.04. The number of anilines is 1. The molecule has 28 heavy (non-hydrogen) atoms. The molecule has 5 nitrogen and oxygen atoms in total. The molecule has 0 radical (unpaired) electrons. The lowest BCUT2D eigenvalue weighted by molar-refractivity contribution is -0.127. The van der Waals surface area contributed by atoms with E-state index in [0.717, 1.165) is 24.3 Å². The predicted octanol–water partition coefficient (Wildman–Crippen LogP) is 4.16. The second-order valence-corrected chi connectivity index (χ2v) is 8.63. The second kappa shape index (κ2) is 8.35. The van der Waals surface area contributed by atoms with E-state index in [4.69, 9.17) is 4.74 Å². The average Bonchev–Trinajstić information content (AvgIpc) is 3.48. The topological polar surface area (TPSA) is 58.6 Å². The zero-order chi connectivity index (χ0) is 19.5. The van der Waals surface area contributed by atoms with Crippen molar-refractivity contribution in [3.05, 3.63) is 46.7 Å². The predicted molar refractivity (Wildman–Crippen MR) is 111 cm³/mol. The Balaban J connectivity index is 1.44. The molecule has 2 heterocycles. The monoisotopic (exact) mass is 398 g/mol. The number of rotatable bonds is 6. The van der Waals surface area contributed by atoms with Crippen LogP contribution in [0.1, 0.15) is 43.0 Å². The van der Waals surface area contributed by atoms with Crippen LogP contribution in [0, 0.1) is 11.8 Å². The molecule has 4 rings (SSSR count). The Bertz CT molecular complexity index is 813. The van der Waals surface area contributed by atoms with Gasteiger partial charge in [0.1, 0.15) is 5.75 Å². The number of hydrogen-bond donors (Lipinski definition) is 1. The van der Waals surface area contributed by atoms with Gasteiger partial charge in [0.2, 0.25) is 11.8 Å². The van der Waals surface area contributed by atoms with Crippen molar-refractivity contribution in [1.29, 1.82) is 0 Å². The molecule has 1 aliphatic heterocycles. The van der Waals surface area contributed by atoms with Crippen molar-refractivity contribution in [2.45, 2.75) is 38.1 Å². The minimum Gasteiger partial charge on any atom is -0.497 e. The van der Waals surface area contributed by atoms with Crippen LogP contribution in [0.4, 0.5) is 5.69 Å². The molecule has 1 saturated heterocycles. The summed E-state index contributed by atoms with van der Waals surface area (Å²) in [4.78, 5) is 28.5. The van der Waals surface area contributed by atoms with Gasteiger partial charge in [-0.05, 0) is 54.5 Å². The normalized spacial score (nSPS) is 21.1. The first kappa shape index (κ1) is 19.0. The van der Waals surface area contributed by atoms with Gasteiger partial charge in [-0.3, -0.25) is 9.59 Å². The summed E-state index contributed by atoms with van der Waals surface area (Å²) in [7, 11) is 1.62. The molecule has 2 atom stereocenters. The Morgan fingerprint density at radius 2 is 1.96 bits per heavy atom. The van der Waals surface area contributed by atoms with Crippen LogP contribution in [-0.2, 0) is 9.59 Å². The summed E-state index contributed by atoms with van der Waals surface area (Å²) in [6.45, 7) is 0.429. The Morgan fingerprint density at radius 3 is 2.61 bits per heavy atom. The molecule has 2 aliphatic rings. The first-order chi connectivity index (χ1) is 13.7. The average molecular weight is 399 g/mol. The molecular weight excluding hydrogens is 372 g/mol. The zero-order valence-corrected chi connectivity index (χ0v) is 16.9. The van der Waals surface area contributed by atoms with E-state index in [1.54, 1.807) is 23.3 Å². The smallest absolute Gasteiger partial charge is 0.227 e. The fourth-order valence-electron chi connectivity index (χ4n) is 4.35. The van der Waals surface area contributed by atoms with E-state index >= 15 is 0 Å². The SMILES string of the molecule is COc1ccc(N2CC(C(=O)NC(c3cccs3)C3CCCC3)CC2=O)cc1. The summed E-state index contributed by atoms with van der Waals surface area (Å²) >= 11 is 1.70. The number of thiophene rings is 1. The molecule has 2 unspecified atom stereocenters. The molecule has 148 valence electrons. The Labute approximate surface area is 169 Å². The number of ether oxygens (including phenoxy) is 1. The molecule has 0 bridgehead atoms. The number of nitrogens with zero attached hydrogens (tertiary/aromatic N) is 1. The first-order valence-electron chi connectivity index (χ1n) is 9.94. The molecule has 6 heteroatoms. The molecule has 2 aromatic rings. The zero-order valence-electron chi connectivity index (χ0n) is 16.1. The first-order valence-corrected chi connectivity index (χ1v) is 10.8. The highest BCUT2D eigenvalue weighted by molar-refractivity contribution is 7.10. The van der Waals surface area contributed by atoms with Crippen LogP contribution in [0.5, 0.6) is 5.75 Å². The number of benzene rings is 1. The van der Waals surface area contributed by atoms with E-state index in [0.29, 0.717) is 12.5 Å². The van der Waals surface area contributed by atoms with Crippen LogP contribution >= 0.6 is 11.3 Å². The van der Waals surface area contributed by atoms with Gasteiger partial charge in [0.05, 0.1) is 19.1 Å². The van der Waals surface area contributed by atoms with Crippen molar-refractivity contribution in [3.63, 3.8) is 0 Å². The van der Waals surface area contributed by atoms with Crippen molar-refractivity contribution >= 4 is 28.8 Å². The summed E-state index contributed by atoms with van der Waals surface area (Å²) in [5.41, 5.74) is 0.812. The molecule has 1 saturated carbocycles. The summed E-state index contributed by atoms with van der Waals surface area (Å²) in [6, 6.07) is 11.6. The van der Waals surface area contributed by atoms with Crippen molar-refractivity contribution in [3.8, 4) is 5.75 Å². The van der Waals surface area contributed by atoms with E-state index < -0.39 is 0 Å². The van der Waals surface area contributed by atoms with E-state index in [2.05, 4.69) is 16.8 Å². The molecule has 1 aromatic heterocycles. The highest BCUT2D eigenvalue weighted by Crippen LogP contribution is 2.38. The highest BCUT2D eigenvalue weighted by Gasteiger charge is 2.37. The number of nitrogens with one attached hydrogen (secondary N) is 1. The van der Waals surface area contributed by atoms with Gasteiger partial charge >= 0.3 is 0 Å².